The number of carboxylic acids is 1. The Morgan fingerprint density at radius 2 is 2.11 bits per heavy atom. The number of hydrogen-bond acceptors (Lipinski definition) is 3. The van der Waals surface area contributed by atoms with Crippen molar-refractivity contribution in [3.8, 4) is 0 Å². The van der Waals surface area contributed by atoms with E-state index < -0.39 is 11.4 Å². The molecule has 0 spiro atoms. The number of carboxylic acid groups (broad SMARTS) is 1. The van der Waals surface area contributed by atoms with Gasteiger partial charge in [-0.1, -0.05) is 6.42 Å². The summed E-state index contributed by atoms with van der Waals surface area (Å²) in [5, 5.41) is 14.6. The first-order valence-corrected chi connectivity index (χ1v) is 6.95. The first kappa shape index (κ1) is 14.1. The van der Waals surface area contributed by atoms with Crippen LogP contribution in [0.5, 0.6) is 0 Å². The van der Waals surface area contributed by atoms with E-state index in [0.29, 0.717) is 25.3 Å². The average molecular weight is 270 g/mol. The Hall–Kier alpha value is -1.30. The van der Waals surface area contributed by atoms with Crippen LogP contribution in [-0.2, 0) is 9.53 Å². The molecule has 1 saturated carbocycles. The molecule has 19 heavy (non-hydrogen) atoms. The number of hydrogen-bond donors (Lipinski definition) is 3. The Labute approximate surface area is 112 Å². The molecule has 0 aromatic rings. The summed E-state index contributed by atoms with van der Waals surface area (Å²) in [4.78, 5) is 22.7. The van der Waals surface area contributed by atoms with Crippen LogP contribution >= 0.6 is 0 Å². The number of carbonyl (C=O) groups is 2. The predicted molar refractivity (Wildman–Crippen MR) is 68.9 cm³/mol. The van der Waals surface area contributed by atoms with Gasteiger partial charge in [0.1, 0.15) is 0 Å². The second-order valence-electron chi connectivity index (χ2n) is 5.57. The van der Waals surface area contributed by atoms with Gasteiger partial charge in [0.15, 0.2) is 0 Å². The molecule has 0 aromatic heterocycles. The molecule has 0 bridgehead atoms. The molecule has 108 valence electrons. The summed E-state index contributed by atoms with van der Waals surface area (Å²) in [5.41, 5.74) is -0.726. The van der Waals surface area contributed by atoms with E-state index in [4.69, 9.17) is 9.84 Å². The van der Waals surface area contributed by atoms with Crippen molar-refractivity contribution in [3.05, 3.63) is 0 Å². The number of carbonyl (C=O) groups excluding carboxylic acids is 1. The fourth-order valence-corrected chi connectivity index (χ4v) is 2.58. The lowest BCUT2D eigenvalue weighted by Gasteiger charge is -2.37. The molecule has 1 atom stereocenters. The highest BCUT2D eigenvalue weighted by molar-refractivity contribution is 5.78. The van der Waals surface area contributed by atoms with Gasteiger partial charge in [-0.25, -0.2) is 4.79 Å². The van der Waals surface area contributed by atoms with Gasteiger partial charge in [-0.2, -0.15) is 0 Å². The largest absolute Gasteiger partial charge is 0.481 e. The highest BCUT2D eigenvalue weighted by Crippen LogP contribution is 2.40. The summed E-state index contributed by atoms with van der Waals surface area (Å²) in [6.45, 7) is 2.43. The number of aliphatic carboxylic acids is 1. The lowest BCUT2D eigenvalue weighted by atomic mass is 9.69. The van der Waals surface area contributed by atoms with Crippen LogP contribution in [0.15, 0.2) is 0 Å². The Bertz CT molecular complexity index is 336. The molecule has 3 N–H and O–H groups in total. The molecule has 6 nitrogen and oxygen atoms in total. The molecule has 0 aromatic carbocycles. The predicted octanol–water partition coefficient (Wildman–Crippen LogP) is 0.967. The van der Waals surface area contributed by atoms with E-state index in [1.54, 1.807) is 0 Å². The maximum atomic E-state index is 11.6. The van der Waals surface area contributed by atoms with Crippen molar-refractivity contribution in [3.63, 3.8) is 0 Å². The Kier molecular flexibility index (Phi) is 4.63. The minimum atomic E-state index is -0.804. The molecule has 1 heterocycles. The van der Waals surface area contributed by atoms with Crippen molar-refractivity contribution in [2.45, 2.75) is 32.1 Å². The first-order chi connectivity index (χ1) is 9.12. The lowest BCUT2D eigenvalue weighted by Crippen LogP contribution is -2.49. The third kappa shape index (κ3) is 3.59. The van der Waals surface area contributed by atoms with E-state index in [1.165, 1.54) is 0 Å². The summed E-state index contributed by atoms with van der Waals surface area (Å²) in [5.74, 6) is -0.264. The van der Waals surface area contributed by atoms with Crippen LogP contribution in [0.1, 0.15) is 32.1 Å². The highest BCUT2D eigenvalue weighted by atomic mass is 16.5. The van der Waals surface area contributed by atoms with Crippen LogP contribution in [0.3, 0.4) is 0 Å². The van der Waals surface area contributed by atoms with Crippen LogP contribution in [0.4, 0.5) is 4.79 Å². The fraction of sp³-hybridized carbons (Fsp3) is 0.846. The van der Waals surface area contributed by atoms with Gasteiger partial charge in [0.25, 0.3) is 0 Å². The molecule has 2 aliphatic rings. The molecular formula is C13H22N2O4. The minimum Gasteiger partial charge on any atom is -0.481 e. The first-order valence-electron chi connectivity index (χ1n) is 6.95. The number of ether oxygens (including phenoxy) is 1. The topological polar surface area (TPSA) is 87.7 Å². The smallest absolute Gasteiger partial charge is 0.314 e. The average Bonchev–Trinajstić information content (AvgIpc) is 2.80. The summed E-state index contributed by atoms with van der Waals surface area (Å²) in [6.07, 6.45) is 4.21. The van der Waals surface area contributed by atoms with E-state index in [0.717, 1.165) is 32.5 Å². The molecular weight excluding hydrogens is 248 g/mol. The zero-order valence-corrected chi connectivity index (χ0v) is 11.1. The van der Waals surface area contributed by atoms with Crippen molar-refractivity contribution in [2.75, 3.05) is 26.3 Å². The Balaban J connectivity index is 1.60. The molecule has 1 unspecified atom stereocenters. The standard InChI is InChI=1S/C13H22N2O4/c16-11(17)13(4-1-5-13)9-15-12(18)14-6-2-10-3-7-19-8-10/h10H,1-9H2,(H,16,17)(H2,14,15,18). The molecule has 1 aliphatic carbocycles. The van der Waals surface area contributed by atoms with Gasteiger partial charge in [-0.3, -0.25) is 4.79 Å². The molecule has 2 fully saturated rings. The van der Waals surface area contributed by atoms with Gasteiger partial charge in [-0.05, 0) is 31.6 Å². The second-order valence-corrected chi connectivity index (χ2v) is 5.57. The monoisotopic (exact) mass is 270 g/mol. The minimum absolute atomic E-state index is 0.223. The third-order valence-corrected chi connectivity index (χ3v) is 4.21. The van der Waals surface area contributed by atoms with Crippen LogP contribution in [0.2, 0.25) is 0 Å². The van der Waals surface area contributed by atoms with Gasteiger partial charge in [0, 0.05) is 26.3 Å². The molecule has 6 heteroatoms. The Morgan fingerprint density at radius 3 is 2.63 bits per heavy atom. The van der Waals surface area contributed by atoms with E-state index in [1.807, 2.05) is 0 Å². The van der Waals surface area contributed by atoms with Gasteiger partial charge >= 0.3 is 12.0 Å². The van der Waals surface area contributed by atoms with E-state index in [-0.39, 0.29) is 12.6 Å². The van der Waals surface area contributed by atoms with Crippen LogP contribution in [0, 0.1) is 11.3 Å². The van der Waals surface area contributed by atoms with Gasteiger partial charge in [0.2, 0.25) is 0 Å². The van der Waals surface area contributed by atoms with Crippen LogP contribution in [0.25, 0.3) is 0 Å². The van der Waals surface area contributed by atoms with E-state index in [9.17, 15) is 9.59 Å². The zero-order chi connectivity index (χ0) is 13.7. The van der Waals surface area contributed by atoms with Crippen LogP contribution < -0.4 is 10.6 Å². The summed E-state index contributed by atoms with van der Waals surface area (Å²) < 4.78 is 5.26. The third-order valence-electron chi connectivity index (χ3n) is 4.21. The molecule has 1 saturated heterocycles. The summed E-state index contributed by atoms with van der Waals surface area (Å²) in [7, 11) is 0. The zero-order valence-electron chi connectivity index (χ0n) is 11.1. The van der Waals surface area contributed by atoms with Crippen molar-refractivity contribution in [1.29, 1.82) is 0 Å². The Morgan fingerprint density at radius 1 is 1.32 bits per heavy atom. The SMILES string of the molecule is O=C(NCCC1CCOC1)NCC1(C(=O)O)CCC1. The second kappa shape index (κ2) is 6.23. The van der Waals surface area contributed by atoms with Crippen molar-refractivity contribution in [1.82, 2.24) is 10.6 Å². The van der Waals surface area contributed by atoms with E-state index >= 15 is 0 Å². The fourth-order valence-electron chi connectivity index (χ4n) is 2.58. The van der Waals surface area contributed by atoms with Crippen molar-refractivity contribution >= 4 is 12.0 Å². The van der Waals surface area contributed by atoms with Gasteiger partial charge < -0.3 is 20.5 Å². The van der Waals surface area contributed by atoms with Crippen LogP contribution in [-0.4, -0.2) is 43.4 Å². The molecule has 0 radical (unpaired) electrons. The normalized spacial score (nSPS) is 24.5. The maximum Gasteiger partial charge on any atom is 0.314 e. The van der Waals surface area contributed by atoms with Gasteiger partial charge in [0.05, 0.1) is 5.41 Å². The van der Waals surface area contributed by atoms with Crippen molar-refractivity contribution < 1.29 is 19.4 Å². The lowest BCUT2D eigenvalue weighted by molar-refractivity contribution is -0.153. The molecule has 1 aliphatic heterocycles. The summed E-state index contributed by atoms with van der Waals surface area (Å²) >= 11 is 0. The quantitative estimate of drug-likeness (QED) is 0.671. The number of nitrogens with one attached hydrogen (secondary N) is 2. The number of urea groups is 1. The molecule has 2 rings (SSSR count). The summed E-state index contributed by atoms with van der Waals surface area (Å²) in [6, 6.07) is -0.272. The number of rotatable bonds is 6. The molecule has 2 amide bonds. The number of amides is 2. The van der Waals surface area contributed by atoms with Gasteiger partial charge in [-0.15, -0.1) is 0 Å². The highest BCUT2D eigenvalue weighted by Gasteiger charge is 2.44. The van der Waals surface area contributed by atoms with E-state index in [2.05, 4.69) is 10.6 Å². The maximum absolute atomic E-state index is 11.6. The van der Waals surface area contributed by atoms with Crippen molar-refractivity contribution in [2.24, 2.45) is 11.3 Å².